The summed E-state index contributed by atoms with van der Waals surface area (Å²) < 4.78 is 3.02. The van der Waals surface area contributed by atoms with Gasteiger partial charge in [-0.3, -0.25) is 9.36 Å². The quantitative estimate of drug-likeness (QED) is 0.614. The fourth-order valence-corrected chi connectivity index (χ4v) is 3.04. The average molecular weight is 403 g/mol. The largest absolute Gasteiger partial charge is 0.481 e. The molecule has 0 fully saturated rings. The van der Waals surface area contributed by atoms with Crippen molar-refractivity contribution in [3.8, 4) is 5.69 Å². The maximum Gasteiger partial charge on any atom is 0.313 e. The minimum Gasteiger partial charge on any atom is -0.481 e. The van der Waals surface area contributed by atoms with Gasteiger partial charge in [-0.1, -0.05) is 37.7 Å². The summed E-state index contributed by atoms with van der Waals surface area (Å²) >= 11 is 3.44. The zero-order valence-corrected chi connectivity index (χ0v) is 14.1. The number of carboxylic acids is 1. The lowest BCUT2D eigenvalue weighted by Gasteiger charge is -2.13. The van der Waals surface area contributed by atoms with Gasteiger partial charge in [0.1, 0.15) is 5.82 Å². The Morgan fingerprint density at radius 3 is 2.70 bits per heavy atom. The van der Waals surface area contributed by atoms with Crippen molar-refractivity contribution in [1.82, 2.24) is 14.8 Å². The molecule has 1 aromatic heterocycles. The number of benzene rings is 1. The van der Waals surface area contributed by atoms with Gasteiger partial charge in [0.2, 0.25) is 0 Å². The van der Waals surface area contributed by atoms with Gasteiger partial charge in [-0.05, 0) is 34.7 Å². The topological polar surface area (TPSA) is 68.0 Å². The third kappa shape index (κ3) is 3.32. The van der Waals surface area contributed by atoms with Crippen LogP contribution in [-0.2, 0) is 4.79 Å². The van der Waals surface area contributed by atoms with E-state index < -0.39 is 5.97 Å². The molecule has 2 aromatic rings. The molecule has 7 heteroatoms. The Balaban J connectivity index is 2.50. The van der Waals surface area contributed by atoms with E-state index in [0.29, 0.717) is 5.16 Å². The molecule has 0 saturated carbocycles. The molecule has 0 radical (unpaired) electrons. The lowest BCUT2D eigenvalue weighted by molar-refractivity contribution is -0.133. The fourth-order valence-electron chi connectivity index (χ4n) is 1.73. The first-order valence-corrected chi connectivity index (χ1v) is 8.12. The molecule has 0 atom stereocenters. The van der Waals surface area contributed by atoms with Crippen LogP contribution in [0.3, 0.4) is 0 Å². The zero-order valence-electron chi connectivity index (χ0n) is 11.1. The van der Waals surface area contributed by atoms with Gasteiger partial charge in [-0.15, -0.1) is 10.2 Å². The summed E-state index contributed by atoms with van der Waals surface area (Å²) in [5.74, 6) is 0.151. The number of carboxylic acid groups (broad SMARTS) is 1. The Hall–Kier alpha value is -1.09. The number of rotatable bonds is 5. The van der Waals surface area contributed by atoms with Crippen LogP contribution in [-0.4, -0.2) is 31.6 Å². The van der Waals surface area contributed by atoms with Gasteiger partial charge in [0.05, 0.1) is 11.4 Å². The normalized spacial score (nSPS) is 11.0. The third-order valence-corrected chi connectivity index (χ3v) is 4.42. The zero-order chi connectivity index (χ0) is 14.7. The van der Waals surface area contributed by atoms with Crippen LogP contribution < -0.4 is 0 Å². The number of hydrogen-bond donors (Lipinski definition) is 1. The predicted octanol–water partition coefficient (Wildman–Crippen LogP) is 3.17. The van der Waals surface area contributed by atoms with Gasteiger partial charge in [0.25, 0.3) is 0 Å². The second-order valence-corrected chi connectivity index (χ2v) is 6.57. The monoisotopic (exact) mass is 403 g/mol. The number of hydrogen-bond acceptors (Lipinski definition) is 4. The van der Waals surface area contributed by atoms with Crippen LogP contribution in [0.4, 0.5) is 0 Å². The highest BCUT2D eigenvalue weighted by atomic mass is 127. The summed E-state index contributed by atoms with van der Waals surface area (Å²) in [5.41, 5.74) is 0.981. The summed E-state index contributed by atoms with van der Waals surface area (Å²) in [6, 6.07) is 7.91. The Kier molecular flexibility index (Phi) is 5.03. The van der Waals surface area contributed by atoms with Crippen molar-refractivity contribution in [1.29, 1.82) is 0 Å². The molecule has 0 aliphatic carbocycles. The Morgan fingerprint density at radius 1 is 1.40 bits per heavy atom. The molecule has 106 valence electrons. The van der Waals surface area contributed by atoms with E-state index in [1.807, 2.05) is 42.7 Å². The molecular formula is C13H14IN3O2S. The van der Waals surface area contributed by atoms with Crippen LogP contribution in [0.15, 0.2) is 29.4 Å². The first kappa shape index (κ1) is 15.3. The molecule has 0 amide bonds. The number of para-hydroxylation sites is 1. The Bertz CT molecular complexity index is 628. The van der Waals surface area contributed by atoms with Gasteiger partial charge in [0.15, 0.2) is 5.16 Å². The summed E-state index contributed by atoms with van der Waals surface area (Å²) in [6.45, 7) is 4.09. The van der Waals surface area contributed by atoms with Gasteiger partial charge >= 0.3 is 5.97 Å². The van der Waals surface area contributed by atoms with E-state index in [9.17, 15) is 4.79 Å². The second-order valence-electron chi connectivity index (χ2n) is 4.46. The van der Waals surface area contributed by atoms with Crippen molar-refractivity contribution in [2.75, 3.05) is 5.75 Å². The van der Waals surface area contributed by atoms with Crippen molar-refractivity contribution in [2.24, 2.45) is 0 Å². The number of aliphatic carboxylic acids is 1. The molecule has 0 spiro atoms. The number of aromatic nitrogens is 3. The fraction of sp³-hybridized carbons (Fsp3) is 0.308. The summed E-state index contributed by atoms with van der Waals surface area (Å²) in [6.07, 6.45) is 0. The van der Waals surface area contributed by atoms with Crippen molar-refractivity contribution in [2.45, 2.75) is 24.9 Å². The molecule has 0 bridgehead atoms. The lowest BCUT2D eigenvalue weighted by Crippen LogP contribution is -2.07. The van der Waals surface area contributed by atoms with Crippen LogP contribution in [0.25, 0.3) is 5.69 Å². The van der Waals surface area contributed by atoms with Crippen molar-refractivity contribution < 1.29 is 9.90 Å². The minimum absolute atomic E-state index is 0.0281. The van der Waals surface area contributed by atoms with Gasteiger partial charge < -0.3 is 5.11 Å². The van der Waals surface area contributed by atoms with Crippen molar-refractivity contribution in [3.63, 3.8) is 0 Å². The maximum absolute atomic E-state index is 10.7. The number of carbonyl (C=O) groups is 1. The number of thioether (sulfide) groups is 1. The first-order chi connectivity index (χ1) is 9.50. The molecule has 2 rings (SSSR count). The molecular weight excluding hydrogens is 389 g/mol. The van der Waals surface area contributed by atoms with E-state index in [1.165, 1.54) is 11.8 Å². The number of halogens is 1. The molecule has 0 unspecified atom stereocenters. The molecule has 1 N–H and O–H groups in total. The summed E-state index contributed by atoms with van der Waals surface area (Å²) in [7, 11) is 0. The Labute approximate surface area is 134 Å². The maximum atomic E-state index is 10.7. The number of nitrogens with zero attached hydrogens (tertiary/aromatic N) is 3. The SMILES string of the molecule is CC(C)c1nnc(SCC(=O)O)n1-c1ccccc1I. The molecule has 1 aromatic carbocycles. The van der Waals surface area contributed by atoms with Crippen LogP contribution >= 0.6 is 34.4 Å². The molecule has 5 nitrogen and oxygen atoms in total. The van der Waals surface area contributed by atoms with Gasteiger partial charge in [-0.25, -0.2) is 0 Å². The minimum atomic E-state index is -0.863. The van der Waals surface area contributed by atoms with E-state index in [2.05, 4.69) is 32.8 Å². The van der Waals surface area contributed by atoms with Crippen LogP contribution in [0.1, 0.15) is 25.6 Å². The smallest absolute Gasteiger partial charge is 0.313 e. The van der Waals surface area contributed by atoms with Gasteiger partial charge in [-0.2, -0.15) is 0 Å². The van der Waals surface area contributed by atoms with E-state index >= 15 is 0 Å². The van der Waals surface area contributed by atoms with Gasteiger partial charge in [0, 0.05) is 9.49 Å². The highest BCUT2D eigenvalue weighted by Crippen LogP contribution is 2.28. The summed E-state index contributed by atoms with van der Waals surface area (Å²) in [5, 5.41) is 17.8. The molecule has 1 heterocycles. The highest BCUT2D eigenvalue weighted by Gasteiger charge is 2.19. The molecule has 0 aliphatic heterocycles. The van der Waals surface area contributed by atoms with Crippen LogP contribution in [0.2, 0.25) is 0 Å². The predicted molar refractivity (Wildman–Crippen MR) is 86.5 cm³/mol. The van der Waals surface area contributed by atoms with Crippen LogP contribution in [0, 0.1) is 3.57 Å². The highest BCUT2D eigenvalue weighted by molar-refractivity contribution is 14.1. The van der Waals surface area contributed by atoms with Crippen LogP contribution in [0.5, 0.6) is 0 Å². The van der Waals surface area contributed by atoms with E-state index in [-0.39, 0.29) is 11.7 Å². The van der Waals surface area contributed by atoms with E-state index in [0.717, 1.165) is 15.1 Å². The molecule has 20 heavy (non-hydrogen) atoms. The standard InChI is InChI=1S/C13H14IN3O2S/c1-8(2)12-15-16-13(20-7-11(18)19)17(12)10-6-4-3-5-9(10)14/h3-6,8H,7H2,1-2H3,(H,18,19). The Morgan fingerprint density at radius 2 is 2.10 bits per heavy atom. The molecule has 0 saturated heterocycles. The first-order valence-electron chi connectivity index (χ1n) is 6.05. The van der Waals surface area contributed by atoms with Crippen molar-refractivity contribution >= 4 is 40.3 Å². The van der Waals surface area contributed by atoms with Crippen molar-refractivity contribution in [3.05, 3.63) is 33.7 Å². The second kappa shape index (κ2) is 6.57. The third-order valence-electron chi connectivity index (χ3n) is 2.59. The average Bonchev–Trinajstić information content (AvgIpc) is 2.80. The molecule has 0 aliphatic rings. The summed E-state index contributed by atoms with van der Waals surface area (Å²) in [4.78, 5) is 10.7. The van der Waals surface area contributed by atoms with E-state index in [4.69, 9.17) is 5.11 Å². The lowest BCUT2D eigenvalue weighted by atomic mass is 10.2. The van der Waals surface area contributed by atoms with E-state index in [1.54, 1.807) is 0 Å².